The third kappa shape index (κ3) is 3.04. The zero-order valence-corrected chi connectivity index (χ0v) is 13.9. The monoisotopic (exact) mass is 321 g/mol. The quantitative estimate of drug-likeness (QED) is 0.859. The van der Waals surface area contributed by atoms with Gasteiger partial charge in [-0.2, -0.15) is 0 Å². The van der Waals surface area contributed by atoms with E-state index in [2.05, 4.69) is 10.3 Å². The molecule has 0 fully saturated rings. The van der Waals surface area contributed by atoms with Crippen LogP contribution in [0.15, 0.2) is 65.7 Å². The molecule has 0 saturated heterocycles. The average Bonchev–Trinajstić information content (AvgIpc) is 3.02. The number of nitrogens with one attached hydrogen (secondary N) is 1. The molecule has 4 nitrogen and oxygen atoms in total. The summed E-state index contributed by atoms with van der Waals surface area (Å²) in [5.41, 5.74) is 7.01. The van der Waals surface area contributed by atoms with Gasteiger partial charge in [0.2, 0.25) is 5.91 Å². The van der Waals surface area contributed by atoms with Crippen LogP contribution < -0.4 is 11.1 Å². The Morgan fingerprint density at radius 1 is 1.12 bits per heavy atom. The second-order valence-electron chi connectivity index (χ2n) is 6.29. The van der Waals surface area contributed by atoms with Crippen LogP contribution in [0.1, 0.15) is 30.9 Å². The number of primary amides is 1. The highest BCUT2D eigenvalue weighted by molar-refractivity contribution is 5.90. The van der Waals surface area contributed by atoms with Gasteiger partial charge in [-0.05, 0) is 30.9 Å². The Labute approximate surface area is 142 Å². The molecule has 1 atom stereocenters. The minimum Gasteiger partial charge on any atom is -0.372 e. The molecule has 0 spiro atoms. The maximum atomic E-state index is 12.7. The summed E-state index contributed by atoms with van der Waals surface area (Å²) < 4.78 is 0. The topological polar surface area (TPSA) is 67.5 Å². The highest BCUT2D eigenvalue weighted by Gasteiger charge is 2.40. The third-order valence-corrected chi connectivity index (χ3v) is 4.78. The van der Waals surface area contributed by atoms with Gasteiger partial charge in [-0.25, -0.2) is 0 Å². The first-order chi connectivity index (χ1) is 11.6. The summed E-state index contributed by atoms with van der Waals surface area (Å²) in [7, 11) is 0. The van der Waals surface area contributed by atoms with E-state index in [1.807, 2.05) is 67.6 Å². The number of carbonyl (C=O) groups excluding carboxylic acids is 1. The van der Waals surface area contributed by atoms with Crippen molar-refractivity contribution in [2.75, 3.05) is 6.54 Å². The Kier molecular flexibility index (Phi) is 4.65. The molecule has 0 radical (unpaired) electrons. The smallest absolute Gasteiger partial charge is 0.232 e. The van der Waals surface area contributed by atoms with Crippen molar-refractivity contribution < 1.29 is 4.79 Å². The molecule has 2 aromatic rings. The number of amides is 1. The normalized spacial score (nSPS) is 17.2. The Hall–Kier alpha value is -2.62. The molecule has 3 N–H and O–H groups in total. The minimum absolute atomic E-state index is 0.191. The Morgan fingerprint density at radius 2 is 1.67 bits per heavy atom. The molecule has 0 saturated carbocycles. The van der Waals surface area contributed by atoms with Crippen molar-refractivity contribution in [2.24, 2.45) is 10.7 Å². The van der Waals surface area contributed by atoms with Crippen molar-refractivity contribution >= 4 is 11.7 Å². The Balaban J connectivity index is 2.00. The molecule has 1 unspecified atom stereocenters. The fourth-order valence-corrected chi connectivity index (χ4v) is 3.49. The Morgan fingerprint density at radius 3 is 2.08 bits per heavy atom. The third-order valence-electron chi connectivity index (χ3n) is 4.78. The molecular formula is C20H23N3O. The first-order valence-electron chi connectivity index (χ1n) is 8.32. The predicted molar refractivity (Wildman–Crippen MR) is 97.0 cm³/mol. The van der Waals surface area contributed by atoms with E-state index in [0.29, 0.717) is 6.42 Å². The van der Waals surface area contributed by atoms with Gasteiger partial charge in [0.05, 0.1) is 17.3 Å². The molecular weight excluding hydrogens is 298 g/mol. The number of nitrogens with zero attached hydrogens (tertiary/aromatic N) is 1. The number of rotatable bonds is 6. The van der Waals surface area contributed by atoms with E-state index in [9.17, 15) is 4.79 Å². The van der Waals surface area contributed by atoms with E-state index >= 15 is 0 Å². The van der Waals surface area contributed by atoms with E-state index in [1.165, 1.54) is 0 Å². The first kappa shape index (κ1) is 16.2. The van der Waals surface area contributed by atoms with Gasteiger partial charge in [0, 0.05) is 6.54 Å². The second kappa shape index (κ2) is 6.87. The molecule has 0 aliphatic carbocycles. The van der Waals surface area contributed by atoms with Crippen LogP contribution in [0.25, 0.3) is 0 Å². The summed E-state index contributed by atoms with van der Waals surface area (Å²) in [6.07, 6.45) is 1.44. The SMILES string of the molecule is CC1=NC(CCC(C(N)=O)(c2ccccc2)c2ccccc2)CN1. The summed E-state index contributed by atoms with van der Waals surface area (Å²) >= 11 is 0. The molecule has 4 heteroatoms. The summed E-state index contributed by atoms with van der Waals surface area (Å²) in [5.74, 6) is 0.649. The predicted octanol–water partition coefficient (Wildman–Crippen LogP) is 2.63. The van der Waals surface area contributed by atoms with Crippen LogP contribution in [0.4, 0.5) is 0 Å². The fraction of sp³-hybridized carbons (Fsp3) is 0.300. The zero-order valence-electron chi connectivity index (χ0n) is 13.9. The van der Waals surface area contributed by atoms with Crippen LogP contribution in [0.2, 0.25) is 0 Å². The standard InChI is InChI=1S/C20H23N3O/c1-15-22-14-18(23-15)12-13-20(19(21)24,16-8-4-2-5-9-16)17-10-6-3-7-11-17/h2-11,18H,12-14H2,1H3,(H2,21,24)(H,22,23). The van der Waals surface area contributed by atoms with Gasteiger partial charge in [-0.3, -0.25) is 9.79 Å². The minimum atomic E-state index is -0.825. The lowest BCUT2D eigenvalue weighted by Gasteiger charge is -2.32. The molecule has 2 aromatic carbocycles. The van der Waals surface area contributed by atoms with Crippen LogP contribution in [0.5, 0.6) is 0 Å². The highest BCUT2D eigenvalue weighted by atomic mass is 16.1. The summed E-state index contributed by atoms with van der Waals surface area (Å²) in [4.78, 5) is 17.3. The zero-order chi connectivity index (χ0) is 17.0. The molecule has 1 aliphatic rings. The number of benzene rings is 2. The molecule has 1 amide bonds. The summed E-state index contributed by atoms with van der Waals surface area (Å²) in [5, 5.41) is 3.25. The maximum absolute atomic E-state index is 12.7. The molecule has 3 rings (SSSR count). The van der Waals surface area contributed by atoms with Gasteiger partial charge < -0.3 is 11.1 Å². The first-order valence-corrected chi connectivity index (χ1v) is 8.32. The van der Waals surface area contributed by atoms with Crippen molar-refractivity contribution in [1.82, 2.24) is 5.32 Å². The van der Waals surface area contributed by atoms with E-state index in [1.54, 1.807) is 0 Å². The molecule has 0 bridgehead atoms. The molecule has 124 valence electrons. The molecule has 0 aromatic heterocycles. The second-order valence-corrected chi connectivity index (χ2v) is 6.29. The van der Waals surface area contributed by atoms with Gasteiger partial charge in [0.1, 0.15) is 0 Å². The van der Waals surface area contributed by atoms with Crippen LogP contribution in [-0.2, 0) is 10.2 Å². The van der Waals surface area contributed by atoms with Gasteiger partial charge in [0.15, 0.2) is 0 Å². The van der Waals surface area contributed by atoms with Crippen LogP contribution in [0, 0.1) is 0 Å². The van der Waals surface area contributed by atoms with Crippen molar-refractivity contribution in [2.45, 2.75) is 31.2 Å². The highest BCUT2D eigenvalue weighted by Crippen LogP contribution is 2.37. The van der Waals surface area contributed by atoms with Gasteiger partial charge in [-0.15, -0.1) is 0 Å². The lowest BCUT2D eigenvalue weighted by Crippen LogP contribution is -2.43. The number of hydrogen-bond acceptors (Lipinski definition) is 3. The maximum Gasteiger partial charge on any atom is 0.232 e. The summed E-state index contributed by atoms with van der Waals surface area (Å²) in [6.45, 7) is 2.79. The fourth-order valence-electron chi connectivity index (χ4n) is 3.49. The van der Waals surface area contributed by atoms with Crippen molar-refractivity contribution in [3.8, 4) is 0 Å². The van der Waals surface area contributed by atoms with Crippen molar-refractivity contribution in [1.29, 1.82) is 0 Å². The van der Waals surface area contributed by atoms with Crippen molar-refractivity contribution in [3.05, 3.63) is 71.8 Å². The molecule has 1 aliphatic heterocycles. The number of aliphatic imine (C=N–C) groups is 1. The number of hydrogen-bond donors (Lipinski definition) is 2. The van der Waals surface area contributed by atoms with Crippen LogP contribution in [-0.4, -0.2) is 24.3 Å². The lowest BCUT2D eigenvalue weighted by atomic mass is 9.70. The van der Waals surface area contributed by atoms with E-state index in [0.717, 1.165) is 29.9 Å². The largest absolute Gasteiger partial charge is 0.372 e. The molecule has 24 heavy (non-hydrogen) atoms. The average molecular weight is 321 g/mol. The van der Waals surface area contributed by atoms with Crippen LogP contribution >= 0.6 is 0 Å². The Bertz CT molecular complexity index is 686. The summed E-state index contributed by atoms with van der Waals surface area (Å²) in [6, 6.07) is 19.9. The number of nitrogens with two attached hydrogens (primary N) is 1. The van der Waals surface area contributed by atoms with Gasteiger partial charge in [-0.1, -0.05) is 60.7 Å². The van der Waals surface area contributed by atoms with Gasteiger partial charge in [0.25, 0.3) is 0 Å². The lowest BCUT2D eigenvalue weighted by molar-refractivity contribution is -0.122. The molecule has 1 heterocycles. The van der Waals surface area contributed by atoms with E-state index in [4.69, 9.17) is 5.73 Å². The number of amidine groups is 1. The van der Waals surface area contributed by atoms with E-state index < -0.39 is 5.41 Å². The van der Waals surface area contributed by atoms with Crippen molar-refractivity contribution in [3.63, 3.8) is 0 Å². The van der Waals surface area contributed by atoms with Crippen LogP contribution in [0.3, 0.4) is 0 Å². The van der Waals surface area contributed by atoms with Gasteiger partial charge >= 0.3 is 0 Å². The number of carbonyl (C=O) groups is 1. The van der Waals surface area contributed by atoms with E-state index in [-0.39, 0.29) is 11.9 Å².